The number of aryl methyl sites for hydroxylation is 1. The highest BCUT2D eigenvalue weighted by Crippen LogP contribution is 2.15. The van der Waals surface area contributed by atoms with E-state index in [1.54, 1.807) is 0 Å². The van der Waals surface area contributed by atoms with Gasteiger partial charge in [0.15, 0.2) is 6.61 Å². The van der Waals surface area contributed by atoms with Gasteiger partial charge in [-0.25, -0.2) is 0 Å². The quantitative estimate of drug-likeness (QED) is 0.901. The molecular formula is C17H24N2O3. The van der Waals surface area contributed by atoms with Crippen molar-refractivity contribution in [2.75, 3.05) is 26.2 Å². The largest absolute Gasteiger partial charge is 0.484 e. The number of rotatable bonds is 5. The van der Waals surface area contributed by atoms with Crippen LogP contribution in [0.25, 0.3) is 0 Å². The minimum absolute atomic E-state index is 0.0180. The molecule has 0 spiro atoms. The van der Waals surface area contributed by atoms with Gasteiger partial charge in [-0.15, -0.1) is 0 Å². The van der Waals surface area contributed by atoms with Crippen LogP contribution < -0.4 is 10.1 Å². The molecule has 5 heteroatoms. The molecule has 1 aliphatic heterocycles. The Kier molecular flexibility index (Phi) is 5.81. The lowest BCUT2D eigenvalue weighted by molar-refractivity contribution is -0.134. The molecule has 1 saturated heterocycles. The van der Waals surface area contributed by atoms with E-state index >= 15 is 0 Å². The fourth-order valence-electron chi connectivity index (χ4n) is 2.38. The van der Waals surface area contributed by atoms with Crippen LogP contribution in [-0.4, -0.2) is 43.0 Å². The summed E-state index contributed by atoms with van der Waals surface area (Å²) in [6.07, 6.45) is 2.08. The molecule has 1 aromatic rings. The van der Waals surface area contributed by atoms with Crippen molar-refractivity contribution in [3.05, 3.63) is 29.8 Å². The first-order chi connectivity index (χ1) is 10.5. The summed E-state index contributed by atoms with van der Waals surface area (Å²) in [5.41, 5.74) is 1.14. The van der Waals surface area contributed by atoms with Crippen LogP contribution in [0.2, 0.25) is 0 Å². The van der Waals surface area contributed by atoms with Crippen molar-refractivity contribution in [2.45, 2.75) is 26.7 Å². The molecule has 5 nitrogen and oxygen atoms in total. The molecular weight excluding hydrogens is 280 g/mol. The van der Waals surface area contributed by atoms with Crippen molar-refractivity contribution >= 4 is 11.8 Å². The van der Waals surface area contributed by atoms with E-state index < -0.39 is 0 Å². The zero-order valence-electron chi connectivity index (χ0n) is 13.3. The maximum Gasteiger partial charge on any atom is 0.258 e. The molecule has 0 aliphatic carbocycles. The number of carbonyl (C=O) groups is 2. The third-order valence-electron chi connectivity index (χ3n) is 3.96. The van der Waals surface area contributed by atoms with Gasteiger partial charge in [-0.05, 0) is 37.8 Å². The highest BCUT2D eigenvalue weighted by Gasteiger charge is 2.20. The van der Waals surface area contributed by atoms with E-state index in [4.69, 9.17) is 4.74 Å². The van der Waals surface area contributed by atoms with Crippen LogP contribution in [0.1, 0.15) is 25.3 Å². The van der Waals surface area contributed by atoms with Crippen LogP contribution in [0.3, 0.4) is 0 Å². The molecule has 1 aliphatic rings. The molecule has 0 aromatic heterocycles. The molecule has 0 saturated carbocycles. The molecule has 0 radical (unpaired) electrons. The Morgan fingerprint density at radius 3 is 2.50 bits per heavy atom. The number of hydrogen-bond acceptors (Lipinski definition) is 3. The summed E-state index contributed by atoms with van der Waals surface area (Å²) in [4.78, 5) is 25.5. The molecule has 120 valence electrons. The minimum Gasteiger partial charge on any atom is -0.484 e. The van der Waals surface area contributed by atoms with Gasteiger partial charge < -0.3 is 15.0 Å². The van der Waals surface area contributed by atoms with Crippen LogP contribution in [0, 0.1) is 12.8 Å². The molecule has 0 atom stereocenters. The third kappa shape index (κ3) is 5.06. The van der Waals surface area contributed by atoms with Crippen LogP contribution >= 0.6 is 0 Å². The Bertz CT molecular complexity index is 505. The van der Waals surface area contributed by atoms with E-state index in [0.29, 0.717) is 11.7 Å². The monoisotopic (exact) mass is 304 g/mol. The summed E-state index contributed by atoms with van der Waals surface area (Å²) in [6, 6.07) is 7.49. The molecule has 2 rings (SSSR count). The maximum absolute atomic E-state index is 12.0. The highest BCUT2D eigenvalue weighted by molar-refractivity contribution is 5.85. The van der Waals surface area contributed by atoms with Crippen LogP contribution in [-0.2, 0) is 9.59 Å². The summed E-state index contributed by atoms with van der Waals surface area (Å²) in [5, 5.41) is 2.62. The van der Waals surface area contributed by atoms with E-state index in [1.165, 1.54) is 0 Å². The number of carbonyl (C=O) groups excluding carboxylic acids is 2. The molecule has 2 amide bonds. The summed E-state index contributed by atoms with van der Waals surface area (Å²) in [7, 11) is 0. The first-order valence-electron chi connectivity index (χ1n) is 7.78. The van der Waals surface area contributed by atoms with Crippen molar-refractivity contribution in [2.24, 2.45) is 5.92 Å². The Hall–Kier alpha value is -2.04. The zero-order valence-corrected chi connectivity index (χ0v) is 13.3. The van der Waals surface area contributed by atoms with Crippen molar-refractivity contribution in [3.8, 4) is 5.75 Å². The SMILES string of the molecule is Cc1ccc(OCC(=O)NCC(=O)N2CCC(C)CC2)cc1. The number of likely N-dealkylation sites (tertiary alicyclic amines) is 1. The summed E-state index contributed by atoms with van der Waals surface area (Å²) in [6.45, 7) is 5.73. The smallest absolute Gasteiger partial charge is 0.258 e. The van der Waals surface area contributed by atoms with E-state index in [0.717, 1.165) is 31.5 Å². The van der Waals surface area contributed by atoms with Gasteiger partial charge in [0.2, 0.25) is 5.91 Å². The molecule has 1 heterocycles. The Labute approximate surface area is 131 Å². The Balaban J connectivity index is 1.66. The van der Waals surface area contributed by atoms with Gasteiger partial charge in [0.05, 0.1) is 6.54 Å². The lowest BCUT2D eigenvalue weighted by Gasteiger charge is -2.30. The van der Waals surface area contributed by atoms with Gasteiger partial charge >= 0.3 is 0 Å². The number of amides is 2. The Morgan fingerprint density at radius 1 is 1.23 bits per heavy atom. The number of nitrogens with one attached hydrogen (secondary N) is 1. The minimum atomic E-state index is -0.278. The maximum atomic E-state index is 12.0. The average Bonchev–Trinajstić information content (AvgIpc) is 2.52. The molecule has 1 aromatic carbocycles. The summed E-state index contributed by atoms with van der Waals surface area (Å²) in [5.74, 6) is 1.04. The predicted molar refractivity (Wildman–Crippen MR) is 84.7 cm³/mol. The fourth-order valence-corrected chi connectivity index (χ4v) is 2.38. The van der Waals surface area contributed by atoms with Crippen molar-refractivity contribution in [3.63, 3.8) is 0 Å². The number of benzene rings is 1. The summed E-state index contributed by atoms with van der Waals surface area (Å²) >= 11 is 0. The van der Waals surface area contributed by atoms with Gasteiger partial charge in [0.25, 0.3) is 5.91 Å². The molecule has 1 fully saturated rings. The standard InChI is InChI=1S/C17H24N2O3/c1-13-3-5-15(6-4-13)22-12-16(20)18-11-17(21)19-9-7-14(2)8-10-19/h3-6,14H,7-12H2,1-2H3,(H,18,20). The second-order valence-corrected chi connectivity index (χ2v) is 5.94. The number of ether oxygens (including phenoxy) is 1. The number of piperidine rings is 1. The zero-order chi connectivity index (χ0) is 15.9. The van der Waals surface area contributed by atoms with Gasteiger partial charge in [0.1, 0.15) is 5.75 Å². The molecule has 1 N–H and O–H groups in total. The van der Waals surface area contributed by atoms with Gasteiger partial charge in [-0.3, -0.25) is 9.59 Å². The van der Waals surface area contributed by atoms with Gasteiger partial charge in [0, 0.05) is 13.1 Å². The lowest BCUT2D eigenvalue weighted by Crippen LogP contribution is -2.44. The second kappa shape index (κ2) is 7.82. The molecule has 0 unspecified atom stereocenters. The van der Waals surface area contributed by atoms with Crippen molar-refractivity contribution in [1.82, 2.24) is 10.2 Å². The normalized spacial score (nSPS) is 15.5. The average molecular weight is 304 g/mol. The van der Waals surface area contributed by atoms with Crippen molar-refractivity contribution < 1.29 is 14.3 Å². The van der Waals surface area contributed by atoms with Crippen LogP contribution in [0.5, 0.6) is 5.75 Å². The fraction of sp³-hybridized carbons (Fsp3) is 0.529. The van der Waals surface area contributed by atoms with E-state index in [1.807, 2.05) is 36.1 Å². The van der Waals surface area contributed by atoms with E-state index in [2.05, 4.69) is 12.2 Å². The number of hydrogen-bond donors (Lipinski definition) is 1. The first kappa shape index (κ1) is 16.3. The van der Waals surface area contributed by atoms with E-state index in [9.17, 15) is 9.59 Å². The molecule has 22 heavy (non-hydrogen) atoms. The predicted octanol–water partition coefficient (Wildman–Crippen LogP) is 1.75. The van der Waals surface area contributed by atoms with Crippen molar-refractivity contribution in [1.29, 1.82) is 0 Å². The van der Waals surface area contributed by atoms with Crippen LogP contribution in [0.4, 0.5) is 0 Å². The lowest BCUT2D eigenvalue weighted by atomic mass is 9.99. The van der Waals surface area contributed by atoms with Gasteiger partial charge in [-0.2, -0.15) is 0 Å². The van der Waals surface area contributed by atoms with Gasteiger partial charge in [-0.1, -0.05) is 24.6 Å². The third-order valence-corrected chi connectivity index (χ3v) is 3.96. The highest BCUT2D eigenvalue weighted by atomic mass is 16.5. The number of nitrogens with zero attached hydrogens (tertiary/aromatic N) is 1. The topological polar surface area (TPSA) is 58.6 Å². The Morgan fingerprint density at radius 2 is 1.86 bits per heavy atom. The second-order valence-electron chi connectivity index (χ2n) is 5.94. The first-order valence-corrected chi connectivity index (χ1v) is 7.78. The van der Waals surface area contributed by atoms with Crippen LogP contribution in [0.15, 0.2) is 24.3 Å². The summed E-state index contributed by atoms with van der Waals surface area (Å²) < 4.78 is 5.38. The molecule has 0 bridgehead atoms. The van der Waals surface area contributed by atoms with E-state index in [-0.39, 0.29) is 25.0 Å².